The van der Waals surface area contributed by atoms with Crippen molar-refractivity contribution in [3.05, 3.63) is 41.7 Å². The average molecular weight is 374 g/mol. The van der Waals surface area contributed by atoms with E-state index in [0.29, 0.717) is 18.0 Å². The quantitative estimate of drug-likeness (QED) is 0.803. The molecule has 0 radical (unpaired) electrons. The minimum Gasteiger partial charge on any atom is -0.336 e. The molecule has 7 nitrogen and oxygen atoms in total. The highest BCUT2D eigenvalue weighted by atomic mass is 19.2. The van der Waals surface area contributed by atoms with Gasteiger partial charge in [-0.2, -0.15) is 0 Å². The number of tetrazole rings is 1. The summed E-state index contributed by atoms with van der Waals surface area (Å²) >= 11 is 0. The summed E-state index contributed by atoms with van der Waals surface area (Å²) in [5.74, 6) is -1.53. The molecule has 2 bridgehead atoms. The van der Waals surface area contributed by atoms with Crippen molar-refractivity contribution in [1.29, 1.82) is 0 Å². The van der Waals surface area contributed by atoms with Crippen LogP contribution in [0.1, 0.15) is 24.3 Å². The van der Waals surface area contributed by atoms with E-state index in [4.69, 9.17) is 0 Å². The average Bonchev–Trinajstić information content (AvgIpc) is 3.34. The first-order chi connectivity index (χ1) is 13.1. The van der Waals surface area contributed by atoms with Gasteiger partial charge in [0.25, 0.3) is 0 Å². The Labute approximate surface area is 154 Å². The zero-order chi connectivity index (χ0) is 18.5. The van der Waals surface area contributed by atoms with Gasteiger partial charge in [-0.25, -0.2) is 13.5 Å². The van der Waals surface area contributed by atoms with Gasteiger partial charge in [-0.3, -0.25) is 9.69 Å². The van der Waals surface area contributed by atoms with Crippen molar-refractivity contribution in [2.24, 2.45) is 5.92 Å². The van der Waals surface area contributed by atoms with Crippen LogP contribution < -0.4 is 0 Å². The molecule has 142 valence electrons. The number of halogens is 2. The summed E-state index contributed by atoms with van der Waals surface area (Å²) in [6.07, 6.45) is 3.48. The van der Waals surface area contributed by atoms with Crippen LogP contribution in [0.15, 0.2) is 24.5 Å². The molecule has 0 N–H and O–H groups in total. The Hall–Kier alpha value is -2.42. The minimum atomic E-state index is -0.835. The third kappa shape index (κ3) is 2.63. The Morgan fingerprint density at radius 3 is 2.74 bits per heavy atom. The number of hydrogen-bond acceptors (Lipinski definition) is 5. The molecule has 0 unspecified atom stereocenters. The van der Waals surface area contributed by atoms with E-state index in [1.54, 1.807) is 12.1 Å². The summed E-state index contributed by atoms with van der Waals surface area (Å²) in [6.45, 7) is 2.35. The van der Waals surface area contributed by atoms with E-state index < -0.39 is 11.6 Å². The molecule has 4 fully saturated rings. The number of hydrogen-bond donors (Lipinski definition) is 0. The number of carbonyl (C=O) groups excluding carboxylic acids is 1. The molecule has 3 atom stereocenters. The first-order valence-electron chi connectivity index (χ1n) is 9.31. The van der Waals surface area contributed by atoms with Crippen LogP contribution in [0.3, 0.4) is 0 Å². The molecule has 0 saturated carbocycles. The predicted molar refractivity (Wildman–Crippen MR) is 90.5 cm³/mol. The standard InChI is InChI=1S/C18H20F2N6O/c19-14-3-1-2-12(16(14)20)13-8-26(15(27)9-25-10-21-22-23-25)17-11-4-6-24(7-5-11)18(13)17/h1-3,10-11,13,17-18H,4-9H2/t13-,17-,18-/m1/s1. The van der Waals surface area contributed by atoms with Crippen LogP contribution >= 0.6 is 0 Å². The summed E-state index contributed by atoms with van der Waals surface area (Å²) < 4.78 is 29.8. The lowest BCUT2D eigenvalue weighted by Crippen LogP contribution is -2.61. The minimum absolute atomic E-state index is 0.0316. The fourth-order valence-electron chi connectivity index (χ4n) is 5.27. The van der Waals surface area contributed by atoms with Crippen molar-refractivity contribution < 1.29 is 13.6 Å². The summed E-state index contributed by atoms with van der Waals surface area (Å²) in [5.41, 5.74) is 0.371. The van der Waals surface area contributed by atoms with E-state index in [2.05, 4.69) is 20.4 Å². The lowest BCUT2D eigenvalue weighted by Gasteiger charge is -2.51. The first kappa shape index (κ1) is 16.7. The van der Waals surface area contributed by atoms with Crippen molar-refractivity contribution in [3.63, 3.8) is 0 Å². The van der Waals surface area contributed by atoms with Gasteiger partial charge in [0.15, 0.2) is 11.6 Å². The molecule has 9 heteroatoms. The lowest BCUT2D eigenvalue weighted by molar-refractivity contribution is -0.136. The smallest absolute Gasteiger partial charge is 0.244 e. The predicted octanol–water partition coefficient (Wildman–Crippen LogP) is 1.04. The van der Waals surface area contributed by atoms with Gasteiger partial charge in [-0.05, 0) is 53.9 Å². The maximum Gasteiger partial charge on any atom is 0.244 e. The number of carbonyl (C=O) groups is 1. The molecule has 1 aromatic heterocycles. The van der Waals surface area contributed by atoms with Gasteiger partial charge in [-0.15, -0.1) is 5.10 Å². The highest BCUT2D eigenvalue weighted by Gasteiger charge is 2.55. The molecule has 27 heavy (non-hydrogen) atoms. The molecule has 5 heterocycles. The van der Waals surface area contributed by atoms with Gasteiger partial charge in [0.1, 0.15) is 12.9 Å². The molecule has 4 aliphatic rings. The zero-order valence-corrected chi connectivity index (χ0v) is 14.7. The Kier molecular flexibility index (Phi) is 3.92. The SMILES string of the molecule is O=C(Cn1cnnn1)N1C[C@H](c2cccc(F)c2F)[C@@H]2[C@H]1C1CCN2CC1. The van der Waals surface area contributed by atoms with E-state index in [-0.39, 0.29) is 30.5 Å². The van der Waals surface area contributed by atoms with Crippen molar-refractivity contribution in [2.45, 2.75) is 37.4 Å². The summed E-state index contributed by atoms with van der Waals surface area (Å²) in [4.78, 5) is 17.2. The third-order valence-electron chi connectivity index (χ3n) is 6.38. The highest BCUT2D eigenvalue weighted by Crippen LogP contribution is 2.47. The number of piperidine rings is 3. The number of nitrogens with zero attached hydrogens (tertiary/aromatic N) is 6. The molecule has 0 aliphatic carbocycles. The Balaban J connectivity index is 1.50. The number of likely N-dealkylation sites (tertiary alicyclic amines) is 1. The number of amides is 1. The monoisotopic (exact) mass is 374 g/mol. The second-order valence-electron chi connectivity index (χ2n) is 7.66. The zero-order valence-electron chi connectivity index (χ0n) is 14.7. The fraction of sp³-hybridized carbons (Fsp3) is 0.556. The summed E-state index contributed by atoms with van der Waals surface area (Å²) in [5, 5.41) is 10.9. The number of rotatable bonds is 3. The van der Waals surface area contributed by atoms with Gasteiger partial charge in [-0.1, -0.05) is 12.1 Å². The van der Waals surface area contributed by atoms with Crippen LogP contribution in [-0.4, -0.2) is 67.6 Å². The second-order valence-corrected chi connectivity index (χ2v) is 7.66. The van der Waals surface area contributed by atoms with Gasteiger partial charge in [0, 0.05) is 18.5 Å². The van der Waals surface area contributed by atoms with Gasteiger partial charge in [0.05, 0.1) is 6.04 Å². The van der Waals surface area contributed by atoms with E-state index in [1.807, 2.05) is 4.90 Å². The fourth-order valence-corrected chi connectivity index (χ4v) is 5.27. The van der Waals surface area contributed by atoms with Crippen molar-refractivity contribution >= 4 is 5.91 Å². The largest absolute Gasteiger partial charge is 0.336 e. The molecule has 4 aliphatic heterocycles. The van der Waals surface area contributed by atoms with E-state index in [9.17, 15) is 13.6 Å². The maximum atomic E-state index is 14.6. The molecule has 1 amide bonds. The Morgan fingerprint density at radius 1 is 1.19 bits per heavy atom. The van der Waals surface area contributed by atoms with E-state index in [1.165, 1.54) is 11.0 Å². The molecule has 2 aromatic rings. The van der Waals surface area contributed by atoms with Crippen LogP contribution in [0.4, 0.5) is 8.78 Å². The normalized spacial score (nSPS) is 31.9. The Morgan fingerprint density at radius 2 is 2.00 bits per heavy atom. The van der Waals surface area contributed by atoms with Crippen LogP contribution in [0.2, 0.25) is 0 Å². The molecule has 1 aromatic carbocycles. The highest BCUT2D eigenvalue weighted by molar-refractivity contribution is 5.77. The van der Waals surface area contributed by atoms with Gasteiger partial charge in [0.2, 0.25) is 5.91 Å². The van der Waals surface area contributed by atoms with E-state index >= 15 is 0 Å². The maximum absolute atomic E-state index is 14.6. The summed E-state index contributed by atoms with van der Waals surface area (Å²) in [6, 6.07) is 4.40. The van der Waals surface area contributed by atoms with Crippen molar-refractivity contribution in [2.75, 3.05) is 19.6 Å². The van der Waals surface area contributed by atoms with Crippen LogP contribution in [-0.2, 0) is 11.3 Å². The van der Waals surface area contributed by atoms with Crippen LogP contribution in [0, 0.1) is 17.6 Å². The second kappa shape index (κ2) is 6.33. The molecular formula is C18H20F2N6O. The van der Waals surface area contributed by atoms with Gasteiger partial charge >= 0.3 is 0 Å². The number of aromatic nitrogens is 4. The molecule has 0 spiro atoms. The topological polar surface area (TPSA) is 67.2 Å². The molecule has 6 rings (SSSR count). The number of benzene rings is 1. The summed E-state index contributed by atoms with van der Waals surface area (Å²) in [7, 11) is 0. The third-order valence-corrected chi connectivity index (χ3v) is 6.38. The van der Waals surface area contributed by atoms with Gasteiger partial charge < -0.3 is 4.90 Å². The number of fused-ring (bicyclic) bond motifs is 2. The van der Waals surface area contributed by atoms with Crippen LogP contribution in [0.5, 0.6) is 0 Å². The van der Waals surface area contributed by atoms with Crippen LogP contribution in [0.25, 0.3) is 0 Å². The first-order valence-corrected chi connectivity index (χ1v) is 9.31. The van der Waals surface area contributed by atoms with E-state index in [0.717, 1.165) is 32.0 Å². The molecular weight excluding hydrogens is 354 g/mol. The lowest BCUT2D eigenvalue weighted by atomic mass is 9.75. The van der Waals surface area contributed by atoms with Crippen molar-refractivity contribution in [3.8, 4) is 0 Å². The van der Waals surface area contributed by atoms with Crippen molar-refractivity contribution in [1.82, 2.24) is 30.0 Å². The molecule has 4 saturated heterocycles. The Bertz CT molecular complexity index is 852.